The van der Waals surface area contributed by atoms with Gasteiger partial charge in [-0.2, -0.15) is 0 Å². The van der Waals surface area contributed by atoms with Crippen molar-refractivity contribution in [1.29, 1.82) is 0 Å². The molecular formula is C13H11O3-. The highest BCUT2D eigenvalue weighted by molar-refractivity contribution is 5.90. The van der Waals surface area contributed by atoms with E-state index in [0.29, 0.717) is 11.3 Å². The first-order valence-corrected chi connectivity index (χ1v) is 4.97. The Morgan fingerprint density at radius 1 is 1.25 bits per heavy atom. The minimum Gasteiger partial charge on any atom is -0.550 e. The van der Waals surface area contributed by atoms with E-state index < -0.39 is 5.97 Å². The lowest BCUT2D eigenvalue weighted by molar-refractivity contribution is -0.304. The van der Waals surface area contributed by atoms with Gasteiger partial charge >= 0.3 is 0 Å². The summed E-state index contributed by atoms with van der Waals surface area (Å²) in [6, 6.07) is 11.3. The van der Waals surface area contributed by atoms with E-state index >= 15 is 0 Å². The van der Waals surface area contributed by atoms with Crippen molar-refractivity contribution in [3.63, 3.8) is 0 Å². The molecule has 0 N–H and O–H groups in total. The van der Waals surface area contributed by atoms with Crippen molar-refractivity contribution >= 4 is 16.7 Å². The van der Waals surface area contributed by atoms with Crippen molar-refractivity contribution in [2.24, 2.45) is 0 Å². The summed E-state index contributed by atoms with van der Waals surface area (Å²) in [4.78, 5) is 10.7. The van der Waals surface area contributed by atoms with Crippen molar-refractivity contribution < 1.29 is 14.6 Å². The Balaban J connectivity index is 2.67. The zero-order chi connectivity index (χ0) is 11.5. The van der Waals surface area contributed by atoms with Gasteiger partial charge in [0.25, 0.3) is 0 Å². The van der Waals surface area contributed by atoms with Crippen LogP contribution in [0.1, 0.15) is 5.56 Å². The van der Waals surface area contributed by atoms with E-state index in [1.165, 1.54) is 7.11 Å². The molecule has 0 saturated heterocycles. The number of carboxylic acids is 1. The van der Waals surface area contributed by atoms with E-state index in [1.807, 2.05) is 30.3 Å². The third-order valence-electron chi connectivity index (χ3n) is 2.54. The standard InChI is InChI=1S/C13H12O3/c1-16-12-7-6-9-4-2-3-5-10(9)11(12)8-13(14)15/h2-7H,8H2,1H3,(H,14,15)/p-1. The molecule has 2 aromatic rings. The Labute approximate surface area is 93.3 Å². The Bertz CT molecular complexity index is 532. The van der Waals surface area contributed by atoms with E-state index in [4.69, 9.17) is 4.74 Å². The Hall–Kier alpha value is -2.03. The third-order valence-corrected chi connectivity index (χ3v) is 2.54. The maximum absolute atomic E-state index is 10.7. The largest absolute Gasteiger partial charge is 0.550 e. The Morgan fingerprint density at radius 2 is 2.00 bits per heavy atom. The minimum atomic E-state index is -1.10. The number of carboxylic acid groups (broad SMARTS) is 1. The molecule has 0 heterocycles. The highest BCUT2D eigenvalue weighted by atomic mass is 16.5. The predicted octanol–water partition coefficient (Wildman–Crippen LogP) is 1.14. The van der Waals surface area contributed by atoms with Crippen LogP contribution in [0.5, 0.6) is 5.75 Å². The normalized spacial score (nSPS) is 10.3. The van der Waals surface area contributed by atoms with Crippen LogP contribution in [0, 0.1) is 0 Å². The molecule has 0 radical (unpaired) electrons. The van der Waals surface area contributed by atoms with Crippen LogP contribution in [0.3, 0.4) is 0 Å². The van der Waals surface area contributed by atoms with Gasteiger partial charge in [0.15, 0.2) is 0 Å². The van der Waals surface area contributed by atoms with E-state index in [9.17, 15) is 9.90 Å². The van der Waals surface area contributed by atoms with E-state index in [0.717, 1.165) is 10.8 Å². The number of ether oxygens (including phenoxy) is 1. The summed E-state index contributed by atoms with van der Waals surface area (Å²) >= 11 is 0. The van der Waals surface area contributed by atoms with Crippen LogP contribution in [-0.2, 0) is 11.2 Å². The van der Waals surface area contributed by atoms with Gasteiger partial charge in [0.1, 0.15) is 5.75 Å². The number of benzene rings is 2. The molecule has 0 aliphatic heterocycles. The molecule has 82 valence electrons. The lowest BCUT2D eigenvalue weighted by Crippen LogP contribution is -2.24. The molecule has 0 fully saturated rings. The van der Waals surface area contributed by atoms with Crippen LogP contribution in [0.4, 0.5) is 0 Å². The van der Waals surface area contributed by atoms with Gasteiger partial charge < -0.3 is 14.6 Å². The summed E-state index contributed by atoms with van der Waals surface area (Å²) in [5.74, 6) is -0.516. The van der Waals surface area contributed by atoms with Gasteiger partial charge in [-0.05, 0) is 16.8 Å². The van der Waals surface area contributed by atoms with Crippen LogP contribution < -0.4 is 9.84 Å². The van der Waals surface area contributed by atoms with Crippen molar-refractivity contribution in [3.05, 3.63) is 42.0 Å². The number of carbonyl (C=O) groups is 1. The molecule has 0 amide bonds. The second-order valence-corrected chi connectivity index (χ2v) is 3.52. The second kappa shape index (κ2) is 4.23. The number of hydrogen-bond acceptors (Lipinski definition) is 3. The number of carbonyl (C=O) groups excluding carboxylic acids is 1. The molecule has 0 bridgehead atoms. The van der Waals surface area contributed by atoms with E-state index in [2.05, 4.69) is 0 Å². The van der Waals surface area contributed by atoms with Crippen molar-refractivity contribution in [1.82, 2.24) is 0 Å². The Morgan fingerprint density at radius 3 is 2.69 bits per heavy atom. The summed E-state index contributed by atoms with van der Waals surface area (Å²) in [7, 11) is 1.53. The van der Waals surface area contributed by atoms with Crippen LogP contribution in [0.15, 0.2) is 36.4 Å². The molecule has 16 heavy (non-hydrogen) atoms. The molecule has 2 aromatic carbocycles. The van der Waals surface area contributed by atoms with Gasteiger partial charge in [0, 0.05) is 18.0 Å². The van der Waals surface area contributed by atoms with Crippen molar-refractivity contribution in [3.8, 4) is 5.75 Å². The molecule has 0 aliphatic rings. The van der Waals surface area contributed by atoms with Gasteiger partial charge in [0.05, 0.1) is 7.11 Å². The predicted molar refractivity (Wildman–Crippen MR) is 59.2 cm³/mol. The van der Waals surface area contributed by atoms with Gasteiger partial charge in [-0.25, -0.2) is 0 Å². The highest BCUT2D eigenvalue weighted by Crippen LogP contribution is 2.28. The molecule has 3 heteroatoms. The van der Waals surface area contributed by atoms with E-state index in [1.54, 1.807) is 6.07 Å². The van der Waals surface area contributed by atoms with Crippen molar-refractivity contribution in [2.45, 2.75) is 6.42 Å². The van der Waals surface area contributed by atoms with Gasteiger partial charge in [-0.1, -0.05) is 30.3 Å². The first-order chi connectivity index (χ1) is 7.72. The fraction of sp³-hybridized carbons (Fsp3) is 0.154. The summed E-state index contributed by atoms with van der Waals surface area (Å²) in [6.45, 7) is 0. The van der Waals surface area contributed by atoms with Crippen LogP contribution in [0.2, 0.25) is 0 Å². The monoisotopic (exact) mass is 215 g/mol. The smallest absolute Gasteiger partial charge is 0.123 e. The lowest BCUT2D eigenvalue weighted by Gasteiger charge is -2.12. The molecule has 0 atom stereocenters. The summed E-state index contributed by atoms with van der Waals surface area (Å²) in [5, 5.41) is 12.6. The third kappa shape index (κ3) is 1.84. The number of rotatable bonds is 3. The quantitative estimate of drug-likeness (QED) is 0.771. The SMILES string of the molecule is COc1ccc2ccccc2c1CC(=O)[O-]. The van der Waals surface area contributed by atoms with Crippen LogP contribution in [0.25, 0.3) is 10.8 Å². The van der Waals surface area contributed by atoms with Crippen molar-refractivity contribution in [2.75, 3.05) is 7.11 Å². The zero-order valence-electron chi connectivity index (χ0n) is 8.90. The summed E-state index contributed by atoms with van der Waals surface area (Å²) in [5.41, 5.74) is 0.667. The molecule has 3 nitrogen and oxygen atoms in total. The Kier molecular flexibility index (Phi) is 2.77. The number of fused-ring (bicyclic) bond motifs is 1. The van der Waals surface area contributed by atoms with Gasteiger partial charge in [-0.15, -0.1) is 0 Å². The van der Waals surface area contributed by atoms with Gasteiger partial charge in [-0.3, -0.25) is 0 Å². The maximum atomic E-state index is 10.7. The average Bonchev–Trinajstić information content (AvgIpc) is 2.29. The molecule has 0 aromatic heterocycles. The van der Waals surface area contributed by atoms with Gasteiger partial charge in [0.2, 0.25) is 0 Å². The topological polar surface area (TPSA) is 49.4 Å². The highest BCUT2D eigenvalue weighted by Gasteiger charge is 2.07. The number of aliphatic carboxylic acids is 1. The van der Waals surface area contributed by atoms with Crippen LogP contribution in [-0.4, -0.2) is 13.1 Å². The molecule has 0 spiro atoms. The minimum absolute atomic E-state index is 0.134. The molecule has 0 saturated carbocycles. The average molecular weight is 215 g/mol. The molecule has 2 rings (SSSR count). The van der Waals surface area contributed by atoms with Crippen LogP contribution >= 0.6 is 0 Å². The first-order valence-electron chi connectivity index (χ1n) is 4.97. The molecular weight excluding hydrogens is 204 g/mol. The van der Waals surface area contributed by atoms with E-state index in [-0.39, 0.29) is 6.42 Å². The second-order valence-electron chi connectivity index (χ2n) is 3.52. The zero-order valence-corrected chi connectivity index (χ0v) is 8.90. The molecule has 0 unspecified atom stereocenters. The number of hydrogen-bond donors (Lipinski definition) is 0. The summed E-state index contributed by atoms with van der Waals surface area (Å²) < 4.78 is 5.16. The first kappa shape index (κ1) is 10.5. The maximum Gasteiger partial charge on any atom is 0.123 e. The fourth-order valence-electron chi connectivity index (χ4n) is 1.83. The fourth-order valence-corrected chi connectivity index (χ4v) is 1.83. The lowest BCUT2D eigenvalue weighted by atomic mass is 10.0. The summed E-state index contributed by atoms with van der Waals surface area (Å²) in [6.07, 6.45) is -0.134. The molecule has 0 aliphatic carbocycles. The number of methoxy groups -OCH3 is 1.